The number of likely N-dealkylation sites (tertiary alicyclic amines) is 1. The van der Waals surface area contributed by atoms with E-state index in [1.54, 1.807) is 42.1 Å². The predicted octanol–water partition coefficient (Wildman–Crippen LogP) is 0.915. The third kappa shape index (κ3) is 3.09. The molecule has 1 fully saturated rings. The van der Waals surface area contributed by atoms with Crippen LogP contribution in [0.25, 0.3) is 0 Å². The number of para-hydroxylation sites is 1. The number of carbonyl (C=O) groups is 2. The number of benzene rings is 1. The molecule has 2 rings (SSSR count). The highest BCUT2D eigenvalue weighted by molar-refractivity contribution is 5.98. The van der Waals surface area contributed by atoms with Crippen LogP contribution in [-0.2, 0) is 4.79 Å². The van der Waals surface area contributed by atoms with Crippen LogP contribution in [0.1, 0.15) is 23.2 Å². The molecular formula is C15H21N3O3. The molecule has 0 aromatic heterocycles. The Hall–Kier alpha value is -2.24. The van der Waals surface area contributed by atoms with Crippen LogP contribution in [0.4, 0.5) is 5.69 Å². The summed E-state index contributed by atoms with van der Waals surface area (Å²) in [4.78, 5) is 27.6. The van der Waals surface area contributed by atoms with Gasteiger partial charge in [-0.2, -0.15) is 0 Å². The molecule has 0 radical (unpaired) electrons. The molecule has 3 N–H and O–H groups in total. The van der Waals surface area contributed by atoms with Gasteiger partial charge in [0, 0.05) is 33.1 Å². The molecule has 0 spiro atoms. The van der Waals surface area contributed by atoms with E-state index in [4.69, 9.17) is 5.73 Å². The van der Waals surface area contributed by atoms with E-state index in [1.165, 1.54) is 0 Å². The number of piperidine rings is 1. The van der Waals surface area contributed by atoms with Gasteiger partial charge in [-0.1, -0.05) is 6.07 Å². The van der Waals surface area contributed by atoms with Crippen LogP contribution < -0.4 is 5.73 Å². The number of nitrogens with two attached hydrogens (primary N) is 1. The maximum absolute atomic E-state index is 12.4. The first-order valence-electron chi connectivity index (χ1n) is 6.99. The minimum absolute atomic E-state index is 0.0292. The maximum Gasteiger partial charge on any atom is 0.257 e. The second kappa shape index (κ2) is 6.03. The standard InChI is InChI=1S/C15H21N3O3/c1-17(2)14(20)10-6-8-18(9-7-10)15(21)11-4-3-5-12(16)13(11)19/h3-5,10,19H,6-9,16H2,1-2H3. The van der Waals surface area contributed by atoms with Gasteiger partial charge in [0.25, 0.3) is 5.91 Å². The molecular weight excluding hydrogens is 270 g/mol. The van der Waals surface area contributed by atoms with Crippen molar-refractivity contribution in [2.45, 2.75) is 12.8 Å². The van der Waals surface area contributed by atoms with Gasteiger partial charge < -0.3 is 20.6 Å². The lowest BCUT2D eigenvalue weighted by Gasteiger charge is -2.32. The molecule has 6 nitrogen and oxygen atoms in total. The Kier molecular flexibility index (Phi) is 4.35. The average molecular weight is 291 g/mol. The number of carbonyl (C=O) groups excluding carboxylic acids is 2. The molecule has 0 unspecified atom stereocenters. The molecule has 1 aliphatic heterocycles. The number of rotatable bonds is 2. The molecule has 0 aliphatic carbocycles. The van der Waals surface area contributed by atoms with E-state index in [0.717, 1.165) is 0 Å². The van der Waals surface area contributed by atoms with Crippen molar-refractivity contribution in [1.82, 2.24) is 9.80 Å². The summed E-state index contributed by atoms with van der Waals surface area (Å²) in [5.41, 5.74) is 6.02. The van der Waals surface area contributed by atoms with Gasteiger partial charge in [-0.15, -0.1) is 0 Å². The molecule has 1 saturated heterocycles. The monoisotopic (exact) mass is 291 g/mol. The number of anilines is 1. The van der Waals surface area contributed by atoms with Crippen LogP contribution in [0.5, 0.6) is 5.75 Å². The zero-order chi connectivity index (χ0) is 15.6. The van der Waals surface area contributed by atoms with Gasteiger partial charge >= 0.3 is 0 Å². The van der Waals surface area contributed by atoms with Crippen molar-refractivity contribution in [3.8, 4) is 5.75 Å². The van der Waals surface area contributed by atoms with Crippen molar-refractivity contribution in [3.05, 3.63) is 23.8 Å². The lowest BCUT2D eigenvalue weighted by atomic mass is 9.95. The summed E-state index contributed by atoms with van der Waals surface area (Å²) >= 11 is 0. The fraction of sp³-hybridized carbons (Fsp3) is 0.467. The number of phenolic OH excluding ortho intramolecular Hbond substituents is 1. The molecule has 21 heavy (non-hydrogen) atoms. The molecule has 6 heteroatoms. The van der Waals surface area contributed by atoms with E-state index in [-0.39, 0.29) is 34.7 Å². The number of nitrogens with zero attached hydrogens (tertiary/aromatic N) is 2. The smallest absolute Gasteiger partial charge is 0.257 e. The third-order valence-corrected chi connectivity index (χ3v) is 3.87. The first kappa shape index (κ1) is 15.2. The van der Waals surface area contributed by atoms with Crippen molar-refractivity contribution in [2.75, 3.05) is 32.9 Å². The maximum atomic E-state index is 12.4. The summed E-state index contributed by atoms with van der Waals surface area (Å²) in [6.45, 7) is 1.02. The summed E-state index contributed by atoms with van der Waals surface area (Å²) < 4.78 is 0. The fourth-order valence-electron chi connectivity index (χ4n) is 2.60. The van der Waals surface area contributed by atoms with Crippen molar-refractivity contribution in [2.24, 2.45) is 5.92 Å². The van der Waals surface area contributed by atoms with E-state index >= 15 is 0 Å². The van der Waals surface area contributed by atoms with E-state index in [2.05, 4.69) is 0 Å². The quantitative estimate of drug-likeness (QED) is 0.626. The van der Waals surface area contributed by atoms with E-state index in [0.29, 0.717) is 25.9 Å². The summed E-state index contributed by atoms with van der Waals surface area (Å²) in [6, 6.07) is 4.75. The molecule has 1 aromatic carbocycles. The van der Waals surface area contributed by atoms with E-state index < -0.39 is 0 Å². The Labute approximate surface area is 124 Å². The first-order chi connectivity index (χ1) is 9.91. The largest absolute Gasteiger partial charge is 0.505 e. The molecule has 0 bridgehead atoms. The Morgan fingerprint density at radius 2 is 1.90 bits per heavy atom. The predicted molar refractivity (Wildman–Crippen MR) is 79.8 cm³/mol. The van der Waals surface area contributed by atoms with Gasteiger partial charge in [0.15, 0.2) is 5.75 Å². The molecule has 2 amide bonds. The van der Waals surface area contributed by atoms with Crippen molar-refractivity contribution >= 4 is 17.5 Å². The highest BCUT2D eigenvalue weighted by atomic mass is 16.3. The lowest BCUT2D eigenvalue weighted by molar-refractivity contribution is -0.134. The topological polar surface area (TPSA) is 86.9 Å². The van der Waals surface area contributed by atoms with Crippen LogP contribution in [0.2, 0.25) is 0 Å². The zero-order valence-corrected chi connectivity index (χ0v) is 12.4. The number of hydrogen-bond donors (Lipinski definition) is 2. The van der Waals surface area contributed by atoms with Crippen LogP contribution in [0, 0.1) is 5.92 Å². The number of hydrogen-bond acceptors (Lipinski definition) is 4. The fourth-order valence-corrected chi connectivity index (χ4v) is 2.60. The minimum atomic E-state index is -0.240. The number of aromatic hydroxyl groups is 1. The normalized spacial score (nSPS) is 15.8. The zero-order valence-electron chi connectivity index (χ0n) is 12.4. The van der Waals surface area contributed by atoms with Gasteiger partial charge in [0.05, 0.1) is 11.3 Å². The summed E-state index contributed by atoms with van der Waals surface area (Å²) in [5.74, 6) is -0.336. The van der Waals surface area contributed by atoms with Gasteiger partial charge in [0.2, 0.25) is 5.91 Å². The third-order valence-electron chi connectivity index (χ3n) is 3.87. The SMILES string of the molecule is CN(C)C(=O)C1CCN(C(=O)c2cccc(N)c2O)CC1. The molecule has 1 aromatic rings. The van der Waals surface area contributed by atoms with Crippen molar-refractivity contribution in [1.29, 1.82) is 0 Å². The summed E-state index contributed by atoms with van der Waals surface area (Å²) in [5, 5.41) is 9.88. The van der Waals surface area contributed by atoms with Crippen molar-refractivity contribution in [3.63, 3.8) is 0 Å². The highest BCUT2D eigenvalue weighted by Crippen LogP contribution is 2.27. The summed E-state index contributed by atoms with van der Waals surface area (Å²) in [6.07, 6.45) is 1.29. The number of nitrogen functional groups attached to an aromatic ring is 1. The Balaban J connectivity index is 2.04. The van der Waals surface area contributed by atoms with Crippen LogP contribution >= 0.6 is 0 Å². The van der Waals surface area contributed by atoms with Gasteiger partial charge in [-0.25, -0.2) is 0 Å². The molecule has 0 atom stereocenters. The van der Waals surface area contributed by atoms with E-state index in [9.17, 15) is 14.7 Å². The second-order valence-electron chi connectivity index (χ2n) is 5.54. The summed E-state index contributed by atoms with van der Waals surface area (Å²) in [7, 11) is 3.48. The molecule has 114 valence electrons. The average Bonchev–Trinajstić information content (AvgIpc) is 2.48. The van der Waals surface area contributed by atoms with Crippen LogP contribution in [-0.4, -0.2) is 53.9 Å². The Bertz CT molecular complexity index is 549. The number of phenols is 1. The first-order valence-corrected chi connectivity index (χ1v) is 6.99. The van der Waals surface area contributed by atoms with Crippen molar-refractivity contribution < 1.29 is 14.7 Å². The van der Waals surface area contributed by atoms with E-state index in [1.807, 2.05) is 0 Å². The molecule has 0 saturated carbocycles. The number of amides is 2. The van der Waals surface area contributed by atoms with Crippen LogP contribution in [0.3, 0.4) is 0 Å². The van der Waals surface area contributed by atoms with Gasteiger partial charge in [-0.3, -0.25) is 9.59 Å². The Morgan fingerprint density at radius 1 is 1.29 bits per heavy atom. The van der Waals surface area contributed by atoms with Crippen LogP contribution in [0.15, 0.2) is 18.2 Å². The molecule has 1 aliphatic rings. The highest BCUT2D eigenvalue weighted by Gasteiger charge is 2.29. The van der Waals surface area contributed by atoms with Gasteiger partial charge in [-0.05, 0) is 25.0 Å². The second-order valence-corrected chi connectivity index (χ2v) is 5.54. The molecule has 1 heterocycles. The minimum Gasteiger partial charge on any atom is -0.505 e. The Morgan fingerprint density at radius 3 is 2.48 bits per heavy atom. The van der Waals surface area contributed by atoms with Gasteiger partial charge in [0.1, 0.15) is 0 Å². The lowest BCUT2D eigenvalue weighted by Crippen LogP contribution is -2.42.